The number of furan rings is 1. The quantitative estimate of drug-likeness (QED) is 0.836. The van der Waals surface area contributed by atoms with Gasteiger partial charge in [0.05, 0.1) is 0 Å². The number of hydrogen-bond donors (Lipinski definition) is 1. The van der Waals surface area contributed by atoms with Crippen molar-refractivity contribution in [3.05, 3.63) is 23.2 Å². The van der Waals surface area contributed by atoms with Gasteiger partial charge in [-0.15, -0.1) is 0 Å². The molecule has 0 atom stereocenters. The lowest BCUT2D eigenvalue weighted by Gasteiger charge is -2.20. The first-order valence-corrected chi connectivity index (χ1v) is 5.74. The molecule has 0 aromatic carbocycles. The Morgan fingerprint density at radius 3 is 2.39 bits per heavy atom. The Hall–Kier alpha value is -1.78. The van der Waals surface area contributed by atoms with Gasteiger partial charge >= 0.3 is 5.97 Å². The molecule has 0 aliphatic heterocycles. The second-order valence-corrected chi connectivity index (χ2v) is 5.20. The molecule has 0 bridgehead atoms. The van der Waals surface area contributed by atoms with Crippen LogP contribution in [0.5, 0.6) is 0 Å². The fraction of sp³-hybridized carbons (Fsp3) is 0.538. The lowest BCUT2D eigenvalue weighted by molar-refractivity contribution is -0.125. The Balaban J connectivity index is 2.52. The number of amides is 1. The molecule has 1 amide bonds. The summed E-state index contributed by atoms with van der Waals surface area (Å²) in [5.74, 6) is 0.259. The first kappa shape index (κ1) is 14.3. The van der Waals surface area contributed by atoms with E-state index >= 15 is 0 Å². The Morgan fingerprint density at radius 1 is 1.33 bits per heavy atom. The first-order valence-electron chi connectivity index (χ1n) is 5.74. The minimum Gasteiger partial charge on any atom is -0.466 e. The van der Waals surface area contributed by atoms with Crippen LogP contribution in [0, 0.1) is 13.8 Å². The van der Waals surface area contributed by atoms with Crippen LogP contribution in [0.2, 0.25) is 0 Å². The smallest absolute Gasteiger partial charge is 0.342 e. The van der Waals surface area contributed by atoms with Crippen LogP contribution in [0.4, 0.5) is 0 Å². The summed E-state index contributed by atoms with van der Waals surface area (Å²) in [6.07, 6.45) is 0. The fourth-order valence-corrected chi connectivity index (χ4v) is 1.50. The van der Waals surface area contributed by atoms with Crippen molar-refractivity contribution in [1.29, 1.82) is 0 Å². The summed E-state index contributed by atoms with van der Waals surface area (Å²) in [6.45, 7) is 8.71. The van der Waals surface area contributed by atoms with Gasteiger partial charge in [0.2, 0.25) is 0 Å². The van der Waals surface area contributed by atoms with Crippen molar-refractivity contribution in [2.75, 3.05) is 6.61 Å². The molecule has 1 aromatic heterocycles. The third-order valence-electron chi connectivity index (χ3n) is 2.11. The standard InChI is InChI=1S/C13H19NO4/c1-8-6-10(9(2)18-8)12(16)17-7-11(15)14-13(3,4)5/h6H,7H2,1-5H3,(H,14,15). The molecule has 5 nitrogen and oxygen atoms in total. The first-order chi connectivity index (χ1) is 8.19. The van der Waals surface area contributed by atoms with E-state index in [-0.39, 0.29) is 18.1 Å². The molecular formula is C13H19NO4. The molecule has 5 heteroatoms. The molecule has 1 heterocycles. The second kappa shape index (κ2) is 5.25. The monoisotopic (exact) mass is 253 g/mol. The Morgan fingerprint density at radius 2 is 1.94 bits per heavy atom. The zero-order valence-corrected chi connectivity index (χ0v) is 11.4. The summed E-state index contributed by atoms with van der Waals surface area (Å²) in [7, 11) is 0. The second-order valence-electron chi connectivity index (χ2n) is 5.20. The summed E-state index contributed by atoms with van der Waals surface area (Å²) in [5.41, 5.74) is 0.0158. The molecule has 0 saturated heterocycles. The van der Waals surface area contributed by atoms with E-state index in [0.29, 0.717) is 17.1 Å². The molecule has 0 radical (unpaired) electrons. The zero-order valence-electron chi connectivity index (χ0n) is 11.4. The van der Waals surface area contributed by atoms with E-state index in [4.69, 9.17) is 9.15 Å². The molecule has 0 unspecified atom stereocenters. The minimum atomic E-state index is -0.548. The highest BCUT2D eigenvalue weighted by Gasteiger charge is 2.18. The molecule has 0 spiro atoms. The third kappa shape index (κ3) is 4.24. The summed E-state index contributed by atoms with van der Waals surface area (Å²) >= 11 is 0. The van der Waals surface area contributed by atoms with Gasteiger partial charge in [0.25, 0.3) is 5.91 Å². The number of nitrogens with one attached hydrogen (secondary N) is 1. The molecule has 1 rings (SSSR count). The molecule has 0 aliphatic carbocycles. The van der Waals surface area contributed by atoms with Gasteiger partial charge in [-0.2, -0.15) is 0 Å². The predicted molar refractivity (Wildman–Crippen MR) is 66.4 cm³/mol. The average molecular weight is 253 g/mol. The highest BCUT2D eigenvalue weighted by atomic mass is 16.5. The topological polar surface area (TPSA) is 68.5 Å². The van der Waals surface area contributed by atoms with Crippen LogP contribution in [-0.2, 0) is 9.53 Å². The van der Waals surface area contributed by atoms with Crippen LogP contribution in [-0.4, -0.2) is 24.0 Å². The van der Waals surface area contributed by atoms with Crippen LogP contribution in [0.15, 0.2) is 10.5 Å². The zero-order chi connectivity index (χ0) is 13.9. The van der Waals surface area contributed by atoms with E-state index in [1.807, 2.05) is 20.8 Å². The van der Waals surface area contributed by atoms with Crippen molar-refractivity contribution in [2.24, 2.45) is 0 Å². The molecule has 1 N–H and O–H groups in total. The van der Waals surface area contributed by atoms with Gasteiger partial charge in [-0.3, -0.25) is 4.79 Å². The molecule has 1 aromatic rings. The van der Waals surface area contributed by atoms with Gasteiger partial charge in [0, 0.05) is 5.54 Å². The summed E-state index contributed by atoms with van der Waals surface area (Å²) in [5, 5.41) is 2.71. The molecule has 0 aliphatic rings. The SMILES string of the molecule is Cc1cc(C(=O)OCC(=O)NC(C)(C)C)c(C)o1. The lowest BCUT2D eigenvalue weighted by atomic mass is 10.1. The maximum atomic E-state index is 11.7. The number of ether oxygens (including phenoxy) is 1. The van der Waals surface area contributed by atoms with Gasteiger partial charge in [0.1, 0.15) is 17.1 Å². The average Bonchev–Trinajstić information content (AvgIpc) is 2.52. The van der Waals surface area contributed by atoms with E-state index in [0.717, 1.165) is 0 Å². The molecule has 0 fully saturated rings. The summed E-state index contributed by atoms with van der Waals surface area (Å²) < 4.78 is 10.1. The maximum absolute atomic E-state index is 11.7. The minimum absolute atomic E-state index is 0.292. The van der Waals surface area contributed by atoms with Crippen molar-refractivity contribution >= 4 is 11.9 Å². The van der Waals surface area contributed by atoms with Crippen molar-refractivity contribution in [1.82, 2.24) is 5.32 Å². The Bertz CT molecular complexity index is 454. The van der Waals surface area contributed by atoms with Gasteiger partial charge in [-0.1, -0.05) is 0 Å². The molecule has 100 valence electrons. The van der Waals surface area contributed by atoms with Gasteiger partial charge in [-0.05, 0) is 40.7 Å². The number of hydrogen-bond acceptors (Lipinski definition) is 4. The third-order valence-corrected chi connectivity index (χ3v) is 2.11. The van der Waals surface area contributed by atoms with Crippen LogP contribution < -0.4 is 5.32 Å². The number of rotatable bonds is 3. The Kier molecular flexibility index (Phi) is 4.16. The highest BCUT2D eigenvalue weighted by Crippen LogP contribution is 2.14. The molecular weight excluding hydrogens is 234 g/mol. The lowest BCUT2D eigenvalue weighted by Crippen LogP contribution is -2.42. The van der Waals surface area contributed by atoms with E-state index in [1.54, 1.807) is 19.9 Å². The highest BCUT2D eigenvalue weighted by molar-refractivity contribution is 5.92. The largest absolute Gasteiger partial charge is 0.466 e. The van der Waals surface area contributed by atoms with Gasteiger partial charge < -0.3 is 14.5 Å². The van der Waals surface area contributed by atoms with E-state index < -0.39 is 5.97 Å². The van der Waals surface area contributed by atoms with E-state index in [1.165, 1.54) is 0 Å². The van der Waals surface area contributed by atoms with Gasteiger partial charge in [-0.25, -0.2) is 4.79 Å². The number of carbonyl (C=O) groups excluding carboxylic acids is 2. The van der Waals surface area contributed by atoms with Crippen molar-refractivity contribution in [3.63, 3.8) is 0 Å². The van der Waals surface area contributed by atoms with Crippen molar-refractivity contribution in [2.45, 2.75) is 40.2 Å². The van der Waals surface area contributed by atoms with Crippen molar-refractivity contribution in [3.8, 4) is 0 Å². The summed E-state index contributed by atoms with van der Waals surface area (Å²) in [4.78, 5) is 23.2. The van der Waals surface area contributed by atoms with Crippen LogP contribution in [0.1, 0.15) is 42.6 Å². The number of carbonyl (C=O) groups is 2. The molecule has 0 saturated carbocycles. The number of aryl methyl sites for hydroxylation is 2. The van der Waals surface area contributed by atoms with Crippen LogP contribution in [0.25, 0.3) is 0 Å². The van der Waals surface area contributed by atoms with E-state index in [9.17, 15) is 9.59 Å². The van der Waals surface area contributed by atoms with E-state index in [2.05, 4.69) is 5.32 Å². The predicted octanol–water partition coefficient (Wildman–Crippen LogP) is 1.97. The summed E-state index contributed by atoms with van der Waals surface area (Å²) in [6, 6.07) is 1.60. The fourth-order valence-electron chi connectivity index (χ4n) is 1.50. The number of esters is 1. The Labute approximate surface area is 106 Å². The maximum Gasteiger partial charge on any atom is 0.342 e. The van der Waals surface area contributed by atoms with Crippen LogP contribution >= 0.6 is 0 Å². The van der Waals surface area contributed by atoms with Gasteiger partial charge in [0.15, 0.2) is 6.61 Å². The molecule has 18 heavy (non-hydrogen) atoms. The van der Waals surface area contributed by atoms with Crippen LogP contribution in [0.3, 0.4) is 0 Å². The normalized spacial score (nSPS) is 11.2. The van der Waals surface area contributed by atoms with Crippen molar-refractivity contribution < 1.29 is 18.7 Å².